The molecule has 8 aliphatic rings. The van der Waals surface area contributed by atoms with Gasteiger partial charge in [-0.1, -0.05) is 127 Å². The van der Waals surface area contributed by atoms with Crippen LogP contribution >= 0.6 is 0 Å². The van der Waals surface area contributed by atoms with Gasteiger partial charge in [0.1, 0.15) is 29.0 Å². The first-order chi connectivity index (χ1) is 62.8. The largest absolute Gasteiger partial charge is 0.497 e. The minimum atomic E-state index is -3.66. The van der Waals surface area contributed by atoms with Crippen molar-refractivity contribution in [2.24, 2.45) is 0 Å². The fourth-order valence-corrected chi connectivity index (χ4v) is 19.1. The predicted octanol–water partition coefficient (Wildman–Crippen LogP) is 14.6. The van der Waals surface area contributed by atoms with Crippen LogP contribution in [0.3, 0.4) is 0 Å². The van der Waals surface area contributed by atoms with Gasteiger partial charge in [0.15, 0.2) is 34.5 Å². The molecule has 5 N–H and O–H groups in total. The molecule has 0 unspecified atom stereocenters. The Balaban J connectivity index is 0.000000122. The average Bonchev–Trinajstić information content (AvgIpc) is 1.55. The van der Waals surface area contributed by atoms with Crippen LogP contribution in [0.2, 0.25) is 0 Å². The van der Waals surface area contributed by atoms with Crippen LogP contribution in [0.25, 0.3) is 44.9 Å². The summed E-state index contributed by atoms with van der Waals surface area (Å²) in [4.78, 5) is 85.1. The molecule has 4 aliphatic carbocycles. The number of pyridine rings is 4. The number of ketones is 2. The van der Waals surface area contributed by atoms with E-state index in [1.807, 2.05) is 196 Å². The number of hydrogen-bond donors (Lipinski definition) is 5. The van der Waals surface area contributed by atoms with E-state index in [1.165, 1.54) is 30.4 Å². The Morgan fingerprint density at radius 1 is 0.438 bits per heavy atom. The van der Waals surface area contributed by atoms with Gasteiger partial charge < -0.3 is 58.9 Å². The van der Waals surface area contributed by atoms with Crippen molar-refractivity contribution in [2.45, 2.75) is 130 Å². The molecule has 27 nitrogen and oxygen atoms in total. The topological polar surface area (TPSA) is 353 Å². The van der Waals surface area contributed by atoms with Crippen molar-refractivity contribution in [1.29, 1.82) is 0 Å². The molecular formula is C101H97N9O18S2. The monoisotopic (exact) mass is 1790 g/mol. The molecule has 1 saturated heterocycles. The van der Waals surface area contributed by atoms with Gasteiger partial charge in [0.25, 0.3) is 0 Å². The van der Waals surface area contributed by atoms with Gasteiger partial charge in [-0.05, 0) is 226 Å². The molecule has 4 aromatic heterocycles. The summed E-state index contributed by atoms with van der Waals surface area (Å²) in [6.07, 6.45) is 6.96. The van der Waals surface area contributed by atoms with Crippen molar-refractivity contribution in [3.63, 3.8) is 0 Å². The Morgan fingerprint density at radius 2 is 0.908 bits per heavy atom. The van der Waals surface area contributed by atoms with E-state index in [2.05, 4.69) is 20.3 Å². The van der Waals surface area contributed by atoms with Crippen LogP contribution in [-0.2, 0) is 91.7 Å². The number of hydrogen-bond acceptors (Lipinski definition) is 22. The number of aliphatic hydroxyl groups is 2. The first-order valence-corrected chi connectivity index (χ1v) is 46.0. The number of carbonyl (C=O) groups excluding carboxylic acids is 5. The zero-order valence-corrected chi connectivity index (χ0v) is 74.0. The number of anilines is 2. The second kappa shape index (κ2) is 36.9. The van der Waals surface area contributed by atoms with E-state index in [1.54, 1.807) is 54.5 Å². The zero-order valence-electron chi connectivity index (χ0n) is 72.4. The van der Waals surface area contributed by atoms with E-state index in [9.17, 15) is 51.0 Å². The maximum atomic E-state index is 13.4. The van der Waals surface area contributed by atoms with Gasteiger partial charge in [0, 0.05) is 85.3 Å². The van der Waals surface area contributed by atoms with Crippen molar-refractivity contribution in [1.82, 2.24) is 33.9 Å². The second-order valence-corrected chi connectivity index (χ2v) is 37.3. The molecule has 0 spiro atoms. The van der Waals surface area contributed by atoms with Crippen molar-refractivity contribution in [3.05, 3.63) is 293 Å². The Hall–Kier alpha value is -13.6. The first kappa shape index (κ1) is 88.5. The molecule has 5 fully saturated rings. The van der Waals surface area contributed by atoms with E-state index in [-0.39, 0.29) is 92.2 Å². The number of nitrogens with zero attached hydrogens (tertiary/aromatic N) is 6. The molecule has 8 heterocycles. The fraction of sp³-hybridized carbons (Fsp3) is 0.277. The summed E-state index contributed by atoms with van der Waals surface area (Å²) in [7, 11) is -4.18. The van der Waals surface area contributed by atoms with Gasteiger partial charge >= 0.3 is 0 Å². The van der Waals surface area contributed by atoms with Crippen molar-refractivity contribution >= 4 is 61.0 Å². The quantitative estimate of drug-likeness (QED) is 0.0355. The molecule has 0 atom stereocenters. The lowest BCUT2D eigenvalue weighted by atomic mass is 9.88. The van der Waals surface area contributed by atoms with E-state index in [0.29, 0.717) is 77.0 Å². The number of fused-ring (bicyclic) bond motifs is 3. The highest BCUT2D eigenvalue weighted by atomic mass is 32.2. The van der Waals surface area contributed by atoms with E-state index < -0.39 is 41.7 Å². The molecule has 666 valence electrons. The summed E-state index contributed by atoms with van der Waals surface area (Å²) < 4.78 is 91.6. The molecule has 12 aromatic rings. The SMILES string of the molecule is CC(=O)N1CCN(S(=O)(=O)c2ccc(-c3cccc(CC(=O)C4(c5ccc6c(c5)OCO6)CC4)n3)cc2)CC1.CNS(=O)(=O)c1ccc(-c2cccc(NC(=O)C3(c4ccc(OC)cc4)CC3)n2)cc1.Cc1ccc(NC(=O)C2(c3ccc4c(c3)OCO4)CC2)nc1-c1ccc(CO)cc1.Cc1nc(CC(=O)C2(c3ccc4c(c3)OCO4)CC2)ccc1-c1ccccc1CO. The van der Waals surface area contributed by atoms with Crippen LogP contribution in [0.4, 0.5) is 11.6 Å². The Bertz CT molecular complexity index is 6570. The average molecular weight is 1790 g/mol. The van der Waals surface area contributed by atoms with Crippen LogP contribution < -0.4 is 48.5 Å². The number of aryl methyl sites for hydroxylation is 2. The highest BCUT2D eigenvalue weighted by Gasteiger charge is 2.55. The highest BCUT2D eigenvalue weighted by Crippen LogP contribution is 2.55. The predicted molar refractivity (Wildman–Crippen MR) is 486 cm³/mol. The third-order valence-electron chi connectivity index (χ3n) is 25.4. The summed E-state index contributed by atoms with van der Waals surface area (Å²) in [6, 6.07) is 71.9. The Kier molecular flexibility index (Phi) is 25.1. The third kappa shape index (κ3) is 18.6. The lowest BCUT2D eigenvalue weighted by Crippen LogP contribution is -2.49. The molecule has 4 saturated carbocycles. The number of carbonyl (C=O) groups is 5. The molecule has 29 heteroatoms. The molecule has 0 bridgehead atoms. The van der Waals surface area contributed by atoms with Crippen LogP contribution in [0, 0.1) is 13.8 Å². The Morgan fingerprint density at radius 3 is 1.41 bits per heavy atom. The van der Waals surface area contributed by atoms with Gasteiger partial charge in [-0.25, -0.2) is 31.5 Å². The maximum absolute atomic E-state index is 13.4. The molecule has 3 amide bonds. The van der Waals surface area contributed by atoms with Gasteiger partial charge in [0.05, 0.1) is 68.9 Å². The number of Topliss-reactive ketones (excluding diaryl/α,β-unsaturated/α-hetero) is 2. The van der Waals surface area contributed by atoms with Crippen molar-refractivity contribution in [3.8, 4) is 85.1 Å². The minimum absolute atomic E-state index is 0.00469. The summed E-state index contributed by atoms with van der Waals surface area (Å²) in [6.45, 7) is 7.37. The molecule has 130 heavy (non-hydrogen) atoms. The van der Waals surface area contributed by atoms with Crippen LogP contribution in [0.15, 0.2) is 246 Å². The maximum Gasteiger partial charge on any atom is 0.243 e. The molecule has 0 radical (unpaired) electrons. The summed E-state index contributed by atoms with van der Waals surface area (Å²) in [5.74, 6) is 6.09. The van der Waals surface area contributed by atoms with Gasteiger partial charge in [-0.3, -0.25) is 33.9 Å². The van der Waals surface area contributed by atoms with Gasteiger partial charge in [-0.2, -0.15) is 4.31 Å². The lowest BCUT2D eigenvalue weighted by molar-refractivity contribution is -0.130. The van der Waals surface area contributed by atoms with Gasteiger partial charge in [0.2, 0.25) is 58.1 Å². The van der Waals surface area contributed by atoms with Gasteiger partial charge in [-0.15, -0.1) is 0 Å². The summed E-state index contributed by atoms with van der Waals surface area (Å²) in [5.41, 5.74) is 13.4. The second-order valence-electron chi connectivity index (χ2n) is 33.4. The fourth-order valence-electron chi connectivity index (χ4n) is 17.0. The smallest absolute Gasteiger partial charge is 0.243 e. The first-order valence-electron chi connectivity index (χ1n) is 43.0. The number of ether oxygens (including phenoxy) is 7. The van der Waals surface area contributed by atoms with Crippen LogP contribution in [-0.4, -0.2) is 146 Å². The number of piperazine rings is 1. The highest BCUT2D eigenvalue weighted by molar-refractivity contribution is 7.89. The number of rotatable bonds is 25. The third-order valence-corrected chi connectivity index (χ3v) is 28.7. The normalized spacial score (nSPS) is 16.2. The number of methoxy groups -OCH3 is 1. The molecule has 8 aromatic carbocycles. The summed E-state index contributed by atoms with van der Waals surface area (Å²) in [5, 5.41) is 24.8. The number of sulfonamides is 2. The molecule has 20 rings (SSSR count). The van der Waals surface area contributed by atoms with E-state index in [4.69, 9.17) is 48.1 Å². The van der Waals surface area contributed by atoms with Crippen molar-refractivity contribution in [2.75, 3.05) is 71.3 Å². The lowest BCUT2D eigenvalue weighted by Gasteiger charge is -2.33. The van der Waals surface area contributed by atoms with E-state index in [0.717, 1.165) is 147 Å². The standard InChI is InChI=1S/C29H29N3O6S.C25H23NO4.C24H22N2O4.C23H23N3O4S/c1-20(33)31-13-15-32(16-14-31)39(35,36)24-8-5-21(6-9-24)25-4-2-3-23(30-25)18-28(34)29(11-12-29)22-7-10-26-27(17-22)38-19-37-26;1-16-20(21-5-3-2-4-17(21)14-27)8-7-19(26-16)13-24(28)25(10-11-25)18-6-9-22-23(12-18)30-15-29-22;1-15-2-9-21(25-22(15)17-5-3-16(13-27)4-6-17)26-23(28)24(10-11-24)18-7-8-19-20(12-18)30-14-29-19;1-24-31(28,29)19-12-6-16(7-13-19)20-4-3-5-21(25-20)26-22(27)23(14-15-23)17-8-10-18(30-2)11-9-17/h2-10,17H,11-16,18-19H2,1H3;2-9,12,27H,10-11,13-15H2,1H3;2-9,12,27H,10-11,13-14H2,1H3,(H,25,26,28);3-13,24H,14-15H2,1-2H3,(H,25,26,27). The van der Waals surface area contributed by atoms with Crippen LogP contribution in [0.5, 0.6) is 40.2 Å². The summed E-state index contributed by atoms with van der Waals surface area (Å²) >= 11 is 0. The minimum Gasteiger partial charge on any atom is -0.497 e. The van der Waals surface area contributed by atoms with Crippen LogP contribution in [0.1, 0.15) is 114 Å². The zero-order chi connectivity index (χ0) is 90.7. The number of benzene rings is 8. The number of nitrogens with one attached hydrogen (secondary N) is 3. The number of aromatic nitrogens is 4. The molecular weight excluding hydrogens is 1690 g/mol. The molecule has 4 aliphatic heterocycles. The van der Waals surface area contributed by atoms with E-state index >= 15 is 0 Å². The Labute approximate surface area is 753 Å². The number of aliphatic hydroxyl groups excluding tert-OH is 2. The number of amides is 3. The van der Waals surface area contributed by atoms with Crippen molar-refractivity contribution < 1.29 is 84.2 Å².